The molecule has 0 aliphatic carbocycles. The Bertz CT molecular complexity index is 638. The number of rotatable bonds is 9. The van der Waals surface area contributed by atoms with Crippen LogP contribution in [0.3, 0.4) is 0 Å². The van der Waals surface area contributed by atoms with E-state index >= 15 is 0 Å². The Hall–Kier alpha value is -2.28. The first kappa shape index (κ1) is 22.8. The third-order valence-electron chi connectivity index (χ3n) is 3.66. The second kappa shape index (κ2) is 10.2. The third kappa shape index (κ3) is 7.86. The molecule has 7 heteroatoms. The Morgan fingerprint density at radius 2 is 1.89 bits per heavy atom. The summed E-state index contributed by atoms with van der Waals surface area (Å²) in [4.78, 5) is 23.5. The molecule has 1 aromatic rings. The van der Waals surface area contributed by atoms with Crippen LogP contribution in [0.4, 0.5) is 0 Å². The molecule has 2 atom stereocenters. The predicted octanol–water partition coefficient (Wildman–Crippen LogP) is 2.76. The zero-order chi connectivity index (χ0) is 20.6. The van der Waals surface area contributed by atoms with Gasteiger partial charge in [0.15, 0.2) is 6.61 Å². The van der Waals surface area contributed by atoms with E-state index in [2.05, 4.69) is 4.74 Å². The van der Waals surface area contributed by atoms with Crippen LogP contribution in [0.15, 0.2) is 18.2 Å². The van der Waals surface area contributed by atoms with Crippen molar-refractivity contribution >= 4 is 11.9 Å². The molecule has 1 aromatic carbocycles. The van der Waals surface area contributed by atoms with Gasteiger partial charge in [0, 0.05) is 0 Å². The van der Waals surface area contributed by atoms with Crippen molar-refractivity contribution in [2.24, 2.45) is 5.73 Å². The average molecular weight is 381 g/mol. The largest absolute Gasteiger partial charge is 0.488 e. The molecular formula is C20H31NO6. The molecule has 2 N–H and O–H groups in total. The van der Waals surface area contributed by atoms with Crippen molar-refractivity contribution in [3.05, 3.63) is 23.8 Å². The molecule has 7 nitrogen and oxygen atoms in total. The van der Waals surface area contributed by atoms with Gasteiger partial charge in [-0.3, -0.25) is 4.79 Å². The van der Waals surface area contributed by atoms with Gasteiger partial charge < -0.3 is 24.7 Å². The van der Waals surface area contributed by atoms with Crippen LogP contribution >= 0.6 is 0 Å². The van der Waals surface area contributed by atoms with Crippen LogP contribution in [0.1, 0.15) is 46.1 Å². The maximum atomic E-state index is 12.3. The molecule has 0 aliphatic heterocycles. The minimum Gasteiger partial charge on any atom is -0.488 e. The standard InChI is InChI=1S/C20H31NO6/c1-7-8-16(18(21)19(23)27-20(3,4)5)26-14-9-10-15(13(2)11-14)25-12-17(22)24-6/h9-11,16,18H,7-8,12,21H2,1-6H3. The van der Waals surface area contributed by atoms with Gasteiger partial charge in [-0.15, -0.1) is 0 Å². The van der Waals surface area contributed by atoms with Crippen LogP contribution in [0.2, 0.25) is 0 Å². The third-order valence-corrected chi connectivity index (χ3v) is 3.66. The van der Waals surface area contributed by atoms with Crippen molar-refractivity contribution in [3.63, 3.8) is 0 Å². The SMILES string of the molecule is CCCC(Oc1ccc(OCC(=O)OC)c(C)c1)C(N)C(=O)OC(C)(C)C. The Labute approximate surface area is 161 Å². The first-order valence-corrected chi connectivity index (χ1v) is 9.02. The number of aryl methyl sites for hydroxylation is 1. The normalized spacial score (nSPS) is 13.4. The van der Waals surface area contributed by atoms with E-state index in [9.17, 15) is 9.59 Å². The monoisotopic (exact) mass is 381 g/mol. The summed E-state index contributed by atoms with van der Waals surface area (Å²) in [5.41, 5.74) is 6.27. The van der Waals surface area contributed by atoms with Gasteiger partial charge in [-0.1, -0.05) is 13.3 Å². The molecule has 0 radical (unpaired) electrons. The fraction of sp³-hybridized carbons (Fsp3) is 0.600. The summed E-state index contributed by atoms with van der Waals surface area (Å²) in [7, 11) is 1.30. The average Bonchev–Trinajstić information content (AvgIpc) is 2.58. The minimum absolute atomic E-state index is 0.167. The van der Waals surface area contributed by atoms with E-state index in [1.165, 1.54) is 7.11 Å². The van der Waals surface area contributed by atoms with Crippen LogP contribution in [0.25, 0.3) is 0 Å². The quantitative estimate of drug-likeness (QED) is 0.657. The first-order chi connectivity index (χ1) is 12.6. The predicted molar refractivity (Wildman–Crippen MR) is 102 cm³/mol. The lowest BCUT2D eigenvalue weighted by molar-refractivity contribution is -0.158. The summed E-state index contributed by atoms with van der Waals surface area (Å²) in [6.07, 6.45) is 0.909. The highest BCUT2D eigenvalue weighted by atomic mass is 16.6. The van der Waals surface area contributed by atoms with Gasteiger partial charge in [0.05, 0.1) is 7.11 Å². The highest BCUT2D eigenvalue weighted by Crippen LogP contribution is 2.25. The van der Waals surface area contributed by atoms with Gasteiger partial charge in [0.2, 0.25) is 0 Å². The maximum absolute atomic E-state index is 12.3. The number of benzene rings is 1. The number of hydrogen-bond donors (Lipinski definition) is 1. The smallest absolute Gasteiger partial charge is 0.343 e. The zero-order valence-electron chi connectivity index (χ0n) is 17.0. The summed E-state index contributed by atoms with van der Waals surface area (Å²) in [6.45, 7) is 9.05. The molecule has 0 amide bonds. The summed E-state index contributed by atoms with van der Waals surface area (Å²) >= 11 is 0. The summed E-state index contributed by atoms with van der Waals surface area (Å²) in [6, 6.07) is 4.30. The van der Waals surface area contributed by atoms with Crippen LogP contribution in [0.5, 0.6) is 11.5 Å². The lowest BCUT2D eigenvalue weighted by Crippen LogP contribution is -2.48. The Balaban J connectivity index is 2.83. The van der Waals surface area contributed by atoms with E-state index in [1.54, 1.807) is 39.0 Å². The molecule has 0 saturated carbocycles. The van der Waals surface area contributed by atoms with Gasteiger partial charge in [0.25, 0.3) is 0 Å². The van der Waals surface area contributed by atoms with Gasteiger partial charge >= 0.3 is 11.9 Å². The van der Waals surface area contributed by atoms with E-state index in [4.69, 9.17) is 19.9 Å². The Morgan fingerprint density at radius 3 is 2.41 bits per heavy atom. The van der Waals surface area contributed by atoms with Crippen molar-refractivity contribution in [3.8, 4) is 11.5 Å². The van der Waals surface area contributed by atoms with Gasteiger partial charge in [-0.05, 0) is 57.9 Å². The van der Waals surface area contributed by atoms with E-state index in [-0.39, 0.29) is 6.61 Å². The lowest BCUT2D eigenvalue weighted by Gasteiger charge is -2.27. The molecule has 0 heterocycles. The minimum atomic E-state index is -0.889. The first-order valence-electron chi connectivity index (χ1n) is 9.02. The summed E-state index contributed by atoms with van der Waals surface area (Å²) < 4.78 is 21.3. The topological polar surface area (TPSA) is 97.1 Å². The van der Waals surface area contributed by atoms with E-state index in [0.29, 0.717) is 17.9 Å². The van der Waals surface area contributed by atoms with Crippen molar-refractivity contribution in [1.82, 2.24) is 0 Å². The van der Waals surface area contributed by atoms with Gasteiger partial charge in [-0.25, -0.2) is 4.79 Å². The number of methoxy groups -OCH3 is 1. The second-order valence-electron chi connectivity index (χ2n) is 7.30. The fourth-order valence-electron chi connectivity index (χ4n) is 2.35. The molecule has 0 aromatic heterocycles. The lowest BCUT2D eigenvalue weighted by atomic mass is 10.1. The van der Waals surface area contributed by atoms with Crippen molar-refractivity contribution in [1.29, 1.82) is 0 Å². The number of carbonyl (C=O) groups excluding carboxylic acids is 2. The van der Waals surface area contributed by atoms with E-state index in [0.717, 1.165) is 12.0 Å². The van der Waals surface area contributed by atoms with Crippen molar-refractivity contribution in [2.45, 2.75) is 65.2 Å². The molecule has 0 spiro atoms. The Morgan fingerprint density at radius 1 is 1.22 bits per heavy atom. The summed E-state index contributed by atoms with van der Waals surface area (Å²) in [5, 5.41) is 0. The van der Waals surface area contributed by atoms with Crippen LogP contribution in [0, 0.1) is 6.92 Å². The van der Waals surface area contributed by atoms with E-state index < -0.39 is 29.7 Å². The van der Waals surface area contributed by atoms with Crippen LogP contribution in [-0.2, 0) is 19.1 Å². The molecule has 0 fully saturated rings. The fourth-order valence-corrected chi connectivity index (χ4v) is 2.35. The highest BCUT2D eigenvalue weighted by molar-refractivity contribution is 5.76. The molecule has 152 valence electrons. The molecular weight excluding hydrogens is 350 g/mol. The Kier molecular flexibility index (Phi) is 8.56. The second-order valence-corrected chi connectivity index (χ2v) is 7.30. The number of carbonyl (C=O) groups is 2. The number of esters is 2. The number of nitrogens with two attached hydrogens (primary N) is 1. The number of hydrogen-bond acceptors (Lipinski definition) is 7. The molecule has 27 heavy (non-hydrogen) atoms. The highest BCUT2D eigenvalue weighted by Gasteiger charge is 2.30. The maximum Gasteiger partial charge on any atom is 0.343 e. The molecule has 0 aliphatic rings. The van der Waals surface area contributed by atoms with Crippen molar-refractivity contribution in [2.75, 3.05) is 13.7 Å². The molecule has 0 bridgehead atoms. The van der Waals surface area contributed by atoms with Gasteiger partial charge in [-0.2, -0.15) is 0 Å². The van der Waals surface area contributed by atoms with Crippen LogP contribution in [-0.4, -0.2) is 43.4 Å². The van der Waals surface area contributed by atoms with Crippen molar-refractivity contribution < 1.29 is 28.5 Å². The van der Waals surface area contributed by atoms with Gasteiger partial charge in [0.1, 0.15) is 29.2 Å². The molecule has 2 unspecified atom stereocenters. The molecule has 1 rings (SSSR count). The zero-order valence-corrected chi connectivity index (χ0v) is 17.0. The molecule has 0 saturated heterocycles. The summed E-state index contributed by atoms with van der Waals surface area (Å²) in [5.74, 6) is 0.170. The van der Waals surface area contributed by atoms with Crippen LogP contribution < -0.4 is 15.2 Å². The van der Waals surface area contributed by atoms with E-state index in [1.807, 2.05) is 13.8 Å². The number of ether oxygens (including phenoxy) is 4.